The van der Waals surface area contributed by atoms with Crippen molar-refractivity contribution in [3.63, 3.8) is 0 Å². The van der Waals surface area contributed by atoms with Gasteiger partial charge in [-0.3, -0.25) is 24.2 Å². The van der Waals surface area contributed by atoms with Crippen LogP contribution >= 0.6 is 11.6 Å². The number of nitrogens with one attached hydrogen (secondary N) is 1. The molecule has 3 amide bonds. The molecule has 1 saturated heterocycles. The molecule has 1 aliphatic heterocycles. The third kappa shape index (κ3) is 7.23. The zero-order valence-electron chi connectivity index (χ0n) is 23.0. The van der Waals surface area contributed by atoms with Crippen LogP contribution < -0.4 is 15.1 Å². The molecule has 1 aliphatic carbocycles. The highest BCUT2D eigenvalue weighted by Gasteiger charge is 2.45. The van der Waals surface area contributed by atoms with Crippen LogP contribution in [0.5, 0.6) is 0 Å². The summed E-state index contributed by atoms with van der Waals surface area (Å²) in [5.74, 6) is -7.49. The van der Waals surface area contributed by atoms with Gasteiger partial charge >= 0.3 is 0 Å². The van der Waals surface area contributed by atoms with Crippen molar-refractivity contribution in [3.8, 4) is 6.07 Å². The van der Waals surface area contributed by atoms with Crippen molar-refractivity contribution >= 4 is 41.0 Å². The quantitative estimate of drug-likeness (QED) is 0.321. The lowest BCUT2D eigenvalue weighted by atomic mass is 9.91. The SMILES string of the molecule is C.N#Cc1ccnc(N2C(=O)CC[C@H]2C(=O)N(c2cc(F)cc(F)c2)[C@H](C(=O)NC2CCC(F)(F)CC2)c2ccccc2Cl)n1. The van der Waals surface area contributed by atoms with Gasteiger partial charge in [-0.25, -0.2) is 27.5 Å². The fraction of sp³-hybridized carbons (Fsp3) is 0.355. The van der Waals surface area contributed by atoms with Gasteiger partial charge in [-0.1, -0.05) is 37.2 Å². The van der Waals surface area contributed by atoms with Crippen LogP contribution in [-0.4, -0.2) is 45.7 Å². The summed E-state index contributed by atoms with van der Waals surface area (Å²) in [5, 5.41) is 12.1. The first-order valence-corrected chi connectivity index (χ1v) is 14.1. The Labute approximate surface area is 261 Å². The summed E-state index contributed by atoms with van der Waals surface area (Å²) >= 11 is 6.50. The molecule has 2 aliphatic rings. The van der Waals surface area contributed by atoms with Crippen molar-refractivity contribution in [2.24, 2.45) is 0 Å². The van der Waals surface area contributed by atoms with E-state index in [-0.39, 0.29) is 61.0 Å². The molecule has 5 rings (SSSR count). The second-order valence-electron chi connectivity index (χ2n) is 10.6. The van der Waals surface area contributed by atoms with Crippen molar-refractivity contribution < 1.29 is 31.9 Å². The molecule has 1 N–H and O–H groups in total. The number of nitriles is 1. The largest absolute Gasteiger partial charge is 0.351 e. The predicted molar refractivity (Wildman–Crippen MR) is 157 cm³/mol. The Hall–Kier alpha value is -4.57. The van der Waals surface area contributed by atoms with Crippen LogP contribution in [0.2, 0.25) is 5.02 Å². The van der Waals surface area contributed by atoms with E-state index in [1.807, 2.05) is 6.07 Å². The Bertz CT molecular complexity index is 1620. The van der Waals surface area contributed by atoms with E-state index in [4.69, 9.17) is 11.6 Å². The predicted octanol–water partition coefficient (Wildman–Crippen LogP) is 5.88. The van der Waals surface area contributed by atoms with Crippen LogP contribution in [0.4, 0.5) is 29.2 Å². The molecule has 0 radical (unpaired) electrons. The topological polar surface area (TPSA) is 119 Å². The maximum atomic E-state index is 14.6. The molecule has 2 heterocycles. The summed E-state index contributed by atoms with van der Waals surface area (Å²) < 4.78 is 56.9. The number of alkyl halides is 2. The van der Waals surface area contributed by atoms with Crippen LogP contribution in [0.15, 0.2) is 54.7 Å². The van der Waals surface area contributed by atoms with E-state index in [0.717, 1.165) is 21.9 Å². The Morgan fingerprint density at radius 3 is 2.40 bits per heavy atom. The number of amides is 3. The van der Waals surface area contributed by atoms with Crippen molar-refractivity contribution in [1.29, 1.82) is 5.26 Å². The van der Waals surface area contributed by atoms with Gasteiger partial charge in [0.1, 0.15) is 35.5 Å². The minimum atomic E-state index is -2.87. The molecule has 1 saturated carbocycles. The number of hydrogen-bond donors (Lipinski definition) is 1. The number of rotatable bonds is 7. The zero-order chi connectivity index (χ0) is 31.6. The average molecular weight is 645 g/mol. The Kier molecular flexibility index (Phi) is 10.1. The second kappa shape index (κ2) is 13.6. The fourth-order valence-corrected chi connectivity index (χ4v) is 5.74. The van der Waals surface area contributed by atoms with Gasteiger partial charge in [0.15, 0.2) is 0 Å². The Balaban J connectivity index is 0.00000461. The third-order valence-electron chi connectivity index (χ3n) is 7.60. The number of halogens is 5. The average Bonchev–Trinajstić information content (AvgIpc) is 3.38. The molecule has 0 unspecified atom stereocenters. The van der Waals surface area contributed by atoms with Gasteiger partial charge in [-0.15, -0.1) is 0 Å². The van der Waals surface area contributed by atoms with Crippen molar-refractivity contribution in [1.82, 2.24) is 15.3 Å². The molecule has 236 valence electrons. The van der Waals surface area contributed by atoms with Crippen LogP contribution in [0, 0.1) is 23.0 Å². The normalized spacial score (nSPS) is 18.4. The molecule has 3 aromatic rings. The third-order valence-corrected chi connectivity index (χ3v) is 7.95. The first-order chi connectivity index (χ1) is 21.0. The number of anilines is 2. The van der Waals surface area contributed by atoms with Gasteiger partial charge in [0.2, 0.25) is 23.7 Å². The summed E-state index contributed by atoms with van der Waals surface area (Å²) in [7, 11) is 0. The smallest absolute Gasteiger partial charge is 0.251 e. The lowest BCUT2D eigenvalue weighted by Gasteiger charge is -2.37. The summed E-state index contributed by atoms with van der Waals surface area (Å²) in [6, 6.07) is 7.83. The van der Waals surface area contributed by atoms with Crippen molar-refractivity contribution in [2.75, 3.05) is 9.80 Å². The van der Waals surface area contributed by atoms with E-state index >= 15 is 0 Å². The highest BCUT2D eigenvalue weighted by molar-refractivity contribution is 6.31. The van der Waals surface area contributed by atoms with Crippen LogP contribution in [0.25, 0.3) is 0 Å². The van der Waals surface area contributed by atoms with E-state index in [1.54, 1.807) is 12.1 Å². The van der Waals surface area contributed by atoms with E-state index in [2.05, 4.69) is 15.3 Å². The summed E-state index contributed by atoms with van der Waals surface area (Å²) in [6.07, 6.45) is 0.0754. The fourth-order valence-electron chi connectivity index (χ4n) is 5.50. The molecular formula is C31H29ClF4N6O3. The van der Waals surface area contributed by atoms with Crippen LogP contribution in [-0.2, 0) is 14.4 Å². The first kappa shape index (κ1) is 33.3. The lowest BCUT2D eigenvalue weighted by Crippen LogP contribution is -2.53. The Morgan fingerprint density at radius 2 is 1.76 bits per heavy atom. The molecule has 2 aromatic carbocycles. The molecule has 45 heavy (non-hydrogen) atoms. The van der Waals surface area contributed by atoms with Crippen LogP contribution in [0.1, 0.15) is 63.3 Å². The van der Waals surface area contributed by atoms with Gasteiger partial charge in [0.25, 0.3) is 5.91 Å². The molecule has 0 spiro atoms. The highest BCUT2D eigenvalue weighted by atomic mass is 35.5. The van der Waals surface area contributed by atoms with Gasteiger partial charge in [0.05, 0.1) is 5.69 Å². The van der Waals surface area contributed by atoms with Gasteiger partial charge < -0.3 is 5.32 Å². The van der Waals surface area contributed by atoms with E-state index in [9.17, 15) is 37.2 Å². The van der Waals surface area contributed by atoms with E-state index < -0.39 is 66.2 Å². The van der Waals surface area contributed by atoms with Gasteiger partial charge in [-0.2, -0.15) is 5.26 Å². The van der Waals surface area contributed by atoms with Crippen LogP contribution in [0.3, 0.4) is 0 Å². The number of benzene rings is 2. The van der Waals surface area contributed by atoms with E-state index in [1.165, 1.54) is 24.4 Å². The number of hydrogen-bond acceptors (Lipinski definition) is 6. The maximum absolute atomic E-state index is 14.6. The molecule has 0 bridgehead atoms. The molecule has 9 nitrogen and oxygen atoms in total. The maximum Gasteiger partial charge on any atom is 0.251 e. The number of carbonyl (C=O) groups excluding carboxylic acids is 3. The summed E-state index contributed by atoms with van der Waals surface area (Å²) in [5.41, 5.74) is -0.338. The lowest BCUT2D eigenvalue weighted by molar-refractivity contribution is -0.128. The summed E-state index contributed by atoms with van der Waals surface area (Å²) in [4.78, 5) is 51.5. The number of carbonyl (C=O) groups is 3. The molecule has 14 heteroatoms. The highest BCUT2D eigenvalue weighted by Crippen LogP contribution is 2.37. The van der Waals surface area contributed by atoms with E-state index in [0.29, 0.717) is 6.07 Å². The number of aromatic nitrogens is 2. The standard InChI is InChI=1S/C30H25ClF4N6O3.CH4/c31-23-4-2-1-3-22(23)26(27(43)38-19-7-10-30(34,35)11-8-19)40(21-14-17(32)13-18(33)15-21)28(44)24-5-6-25(42)41(24)29-37-12-9-20(16-36)39-29;/h1-4,9,12-15,19,24,26H,5-8,10-11H2,(H,38,43);1H4/t24-,26-;/m0./s1. The number of nitrogens with zero attached hydrogens (tertiary/aromatic N) is 5. The molecule has 1 aromatic heterocycles. The first-order valence-electron chi connectivity index (χ1n) is 13.7. The minimum absolute atomic E-state index is 0. The zero-order valence-corrected chi connectivity index (χ0v) is 23.8. The van der Waals surface area contributed by atoms with Crippen molar-refractivity contribution in [3.05, 3.63) is 82.6 Å². The Morgan fingerprint density at radius 1 is 1.09 bits per heavy atom. The molecule has 2 fully saturated rings. The monoisotopic (exact) mass is 644 g/mol. The van der Waals surface area contributed by atoms with Crippen molar-refractivity contribution in [2.45, 2.75) is 70.0 Å². The minimum Gasteiger partial charge on any atom is -0.351 e. The molecular weight excluding hydrogens is 616 g/mol. The second-order valence-corrected chi connectivity index (χ2v) is 11.0. The molecule has 2 atom stereocenters. The van der Waals surface area contributed by atoms with Gasteiger partial charge in [-0.05, 0) is 43.5 Å². The van der Waals surface area contributed by atoms with Gasteiger partial charge in [0, 0.05) is 48.2 Å². The summed E-state index contributed by atoms with van der Waals surface area (Å²) in [6.45, 7) is 0.